The first-order valence-electron chi connectivity index (χ1n) is 10.8. The minimum absolute atomic E-state index is 0.0799. The highest BCUT2D eigenvalue weighted by molar-refractivity contribution is 6.53. The maximum Gasteiger partial charge on any atom is 0.416 e. The summed E-state index contributed by atoms with van der Waals surface area (Å²) in [5.41, 5.74) is 0.151. The Morgan fingerprint density at radius 2 is 1.59 bits per heavy atom. The Morgan fingerprint density at radius 3 is 2.22 bits per heavy atom. The predicted octanol–water partition coefficient (Wildman–Crippen LogP) is 5.33. The number of benzene rings is 3. The topological polar surface area (TPSA) is 87.7 Å². The van der Waals surface area contributed by atoms with Gasteiger partial charge in [0.05, 0.1) is 24.8 Å². The quantitative estimate of drug-likeness (QED) is 0.404. The molecule has 0 fully saturated rings. The van der Waals surface area contributed by atoms with Crippen LogP contribution in [0, 0.1) is 0 Å². The van der Waals surface area contributed by atoms with Gasteiger partial charge in [-0.25, -0.2) is 4.90 Å². The molecule has 0 atom stereocenters. The number of hydrogen-bond acceptors (Lipinski definition) is 5. The molecule has 0 unspecified atom stereocenters. The molecule has 1 heterocycles. The lowest BCUT2D eigenvalue weighted by atomic mass is 10.1. The highest BCUT2D eigenvalue weighted by Gasteiger charge is 2.40. The highest BCUT2D eigenvalue weighted by Crippen LogP contribution is 2.35. The first-order valence-corrected chi connectivity index (χ1v) is 11.2. The monoisotopic (exact) mass is 529 g/mol. The Kier molecular flexibility index (Phi) is 7.21. The largest absolute Gasteiger partial charge is 0.497 e. The predicted molar refractivity (Wildman–Crippen MR) is 132 cm³/mol. The lowest BCUT2D eigenvalue weighted by Crippen LogP contribution is -2.32. The van der Waals surface area contributed by atoms with E-state index in [0.29, 0.717) is 33.7 Å². The van der Waals surface area contributed by atoms with Gasteiger partial charge in [0.2, 0.25) is 5.91 Å². The van der Waals surface area contributed by atoms with E-state index >= 15 is 0 Å². The van der Waals surface area contributed by atoms with Crippen molar-refractivity contribution in [2.75, 3.05) is 22.6 Å². The van der Waals surface area contributed by atoms with E-state index in [2.05, 4.69) is 10.6 Å². The van der Waals surface area contributed by atoms with Gasteiger partial charge in [-0.05, 0) is 60.2 Å². The standard InChI is InChI=1S/C26H19ClF3N3O4/c1-37-20-11-9-17(10-12-20)31-21(34)13-15-5-7-18(8-6-15)32-23-22(27)24(35)33(25(23)36)19-4-2-3-16(14-19)26(28,29)30/h2-12,14,32H,13H2,1H3,(H,31,34). The van der Waals surface area contributed by atoms with Crippen molar-refractivity contribution >= 4 is 46.4 Å². The third-order valence-corrected chi connectivity index (χ3v) is 5.77. The molecule has 0 radical (unpaired) electrons. The third kappa shape index (κ3) is 5.75. The Balaban J connectivity index is 1.42. The first kappa shape index (κ1) is 25.8. The highest BCUT2D eigenvalue weighted by atomic mass is 35.5. The molecule has 0 aromatic heterocycles. The van der Waals surface area contributed by atoms with Crippen LogP contribution in [-0.4, -0.2) is 24.8 Å². The summed E-state index contributed by atoms with van der Waals surface area (Å²) < 4.78 is 44.3. The van der Waals surface area contributed by atoms with Gasteiger partial charge in [0.15, 0.2) is 0 Å². The fourth-order valence-electron chi connectivity index (χ4n) is 3.58. The summed E-state index contributed by atoms with van der Waals surface area (Å²) in [5, 5.41) is 5.07. The van der Waals surface area contributed by atoms with E-state index in [4.69, 9.17) is 16.3 Å². The van der Waals surface area contributed by atoms with Gasteiger partial charge in [0.25, 0.3) is 11.8 Å². The molecule has 2 N–H and O–H groups in total. The zero-order valence-corrected chi connectivity index (χ0v) is 20.0. The molecule has 0 spiro atoms. The van der Waals surface area contributed by atoms with Gasteiger partial charge in [0, 0.05) is 11.4 Å². The molecule has 4 rings (SSSR count). The van der Waals surface area contributed by atoms with E-state index in [1.165, 1.54) is 6.07 Å². The van der Waals surface area contributed by atoms with Crippen molar-refractivity contribution < 1.29 is 32.3 Å². The van der Waals surface area contributed by atoms with Crippen molar-refractivity contribution in [2.45, 2.75) is 12.6 Å². The van der Waals surface area contributed by atoms with Crippen molar-refractivity contribution in [1.82, 2.24) is 0 Å². The molecular formula is C26H19ClF3N3O4. The average Bonchev–Trinajstić information content (AvgIpc) is 3.08. The van der Waals surface area contributed by atoms with Crippen LogP contribution in [0.4, 0.5) is 30.2 Å². The van der Waals surface area contributed by atoms with E-state index in [1.807, 2.05) is 0 Å². The van der Waals surface area contributed by atoms with Crippen LogP contribution in [0.3, 0.4) is 0 Å². The average molecular weight is 530 g/mol. The molecule has 190 valence electrons. The molecule has 37 heavy (non-hydrogen) atoms. The van der Waals surface area contributed by atoms with Gasteiger partial charge in [-0.1, -0.05) is 29.8 Å². The van der Waals surface area contributed by atoms with Crippen molar-refractivity contribution in [2.24, 2.45) is 0 Å². The van der Waals surface area contributed by atoms with Crippen molar-refractivity contribution in [3.8, 4) is 5.75 Å². The number of imide groups is 1. The smallest absolute Gasteiger partial charge is 0.416 e. The summed E-state index contributed by atoms with van der Waals surface area (Å²) >= 11 is 6.07. The number of rotatable bonds is 7. The van der Waals surface area contributed by atoms with Crippen LogP contribution in [0.1, 0.15) is 11.1 Å². The molecule has 0 bridgehead atoms. The van der Waals surface area contributed by atoms with Crippen LogP contribution < -0.4 is 20.3 Å². The van der Waals surface area contributed by atoms with Gasteiger partial charge < -0.3 is 15.4 Å². The maximum absolute atomic E-state index is 13.1. The summed E-state index contributed by atoms with van der Waals surface area (Å²) in [5.74, 6) is -1.42. The molecule has 3 aromatic carbocycles. The van der Waals surface area contributed by atoms with Gasteiger partial charge in [0.1, 0.15) is 16.5 Å². The number of nitrogens with zero attached hydrogens (tertiary/aromatic N) is 1. The molecule has 7 nitrogen and oxygen atoms in total. The zero-order valence-electron chi connectivity index (χ0n) is 19.2. The molecule has 3 amide bonds. The Morgan fingerprint density at radius 1 is 0.946 bits per heavy atom. The van der Waals surface area contributed by atoms with E-state index in [1.54, 1.807) is 55.6 Å². The number of alkyl halides is 3. The fraction of sp³-hybridized carbons (Fsp3) is 0.115. The van der Waals surface area contributed by atoms with Crippen LogP contribution >= 0.6 is 11.6 Å². The Bertz CT molecular complexity index is 1390. The number of anilines is 3. The number of carbonyl (C=O) groups excluding carboxylic acids is 3. The zero-order chi connectivity index (χ0) is 26.7. The molecule has 0 saturated carbocycles. The summed E-state index contributed by atoms with van der Waals surface area (Å²) in [4.78, 5) is 38.4. The molecular weight excluding hydrogens is 511 g/mol. The summed E-state index contributed by atoms with van der Waals surface area (Å²) in [6.45, 7) is 0. The number of methoxy groups -OCH3 is 1. The number of hydrogen-bond donors (Lipinski definition) is 2. The first-order chi connectivity index (χ1) is 17.6. The van der Waals surface area contributed by atoms with Gasteiger partial charge >= 0.3 is 6.18 Å². The number of nitrogens with one attached hydrogen (secondary N) is 2. The second kappa shape index (κ2) is 10.4. The molecule has 0 saturated heterocycles. The second-order valence-corrected chi connectivity index (χ2v) is 8.34. The number of amides is 3. The minimum atomic E-state index is -4.65. The van der Waals surface area contributed by atoms with E-state index in [-0.39, 0.29) is 23.7 Å². The van der Waals surface area contributed by atoms with Crippen LogP contribution in [-0.2, 0) is 27.0 Å². The van der Waals surface area contributed by atoms with E-state index in [0.717, 1.165) is 12.1 Å². The van der Waals surface area contributed by atoms with Crippen molar-refractivity contribution in [3.05, 3.63) is 94.7 Å². The van der Waals surface area contributed by atoms with Gasteiger partial charge in [-0.3, -0.25) is 14.4 Å². The van der Waals surface area contributed by atoms with Crippen LogP contribution in [0.2, 0.25) is 0 Å². The fourth-order valence-corrected chi connectivity index (χ4v) is 3.79. The second-order valence-electron chi connectivity index (χ2n) is 7.96. The third-order valence-electron chi connectivity index (χ3n) is 5.42. The molecule has 1 aliphatic rings. The van der Waals surface area contributed by atoms with Gasteiger partial charge in [-0.2, -0.15) is 13.2 Å². The van der Waals surface area contributed by atoms with Crippen LogP contribution in [0.15, 0.2) is 83.5 Å². The molecule has 1 aliphatic heterocycles. The Labute approximate surface area is 214 Å². The van der Waals surface area contributed by atoms with Crippen molar-refractivity contribution in [3.63, 3.8) is 0 Å². The Hall–Kier alpha value is -4.31. The van der Waals surface area contributed by atoms with E-state index in [9.17, 15) is 27.6 Å². The molecule has 11 heteroatoms. The van der Waals surface area contributed by atoms with Crippen LogP contribution in [0.25, 0.3) is 0 Å². The maximum atomic E-state index is 13.1. The van der Waals surface area contributed by atoms with E-state index < -0.39 is 28.6 Å². The number of halogens is 4. The lowest BCUT2D eigenvalue weighted by molar-refractivity contribution is -0.137. The lowest BCUT2D eigenvalue weighted by Gasteiger charge is -2.17. The van der Waals surface area contributed by atoms with Crippen LogP contribution in [0.5, 0.6) is 5.75 Å². The normalized spacial score (nSPS) is 13.7. The molecule has 3 aromatic rings. The molecule has 0 aliphatic carbocycles. The summed E-state index contributed by atoms with van der Waals surface area (Å²) in [6, 6.07) is 17.2. The number of carbonyl (C=O) groups is 3. The van der Waals surface area contributed by atoms with Crippen molar-refractivity contribution in [1.29, 1.82) is 0 Å². The summed E-state index contributed by atoms with van der Waals surface area (Å²) in [6.07, 6.45) is -4.57. The summed E-state index contributed by atoms with van der Waals surface area (Å²) in [7, 11) is 1.55. The SMILES string of the molecule is COc1ccc(NC(=O)Cc2ccc(NC3=C(Cl)C(=O)N(c4cccc(C(F)(F)F)c4)C3=O)cc2)cc1. The van der Waals surface area contributed by atoms with Gasteiger partial charge in [-0.15, -0.1) is 0 Å². The number of ether oxygens (including phenoxy) is 1. The minimum Gasteiger partial charge on any atom is -0.497 e.